The van der Waals surface area contributed by atoms with Crippen LogP contribution in [0.15, 0.2) is 18.5 Å². The Kier molecular flexibility index (Phi) is 4.18. The Hall–Kier alpha value is -1.91. The third-order valence-corrected chi connectivity index (χ3v) is 4.04. The Bertz CT molecular complexity index is 624. The van der Waals surface area contributed by atoms with Crippen molar-refractivity contribution in [2.24, 2.45) is 0 Å². The second-order valence-corrected chi connectivity index (χ2v) is 5.46. The summed E-state index contributed by atoms with van der Waals surface area (Å²) in [6.07, 6.45) is 7.70. The summed E-state index contributed by atoms with van der Waals surface area (Å²) in [5.74, 6) is 0.744. The van der Waals surface area contributed by atoms with Crippen molar-refractivity contribution in [3.05, 3.63) is 24.3 Å². The van der Waals surface area contributed by atoms with Crippen LogP contribution in [0.3, 0.4) is 0 Å². The fraction of sp³-hybridized carbons (Fsp3) is 0.500. The Morgan fingerprint density at radius 1 is 1.05 bits per heavy atom. The number of hydrogen-bond acceptors (Lipinski definition) is 4. The smallest absolute Gasteiger partial charge is 0.167 e. The van der Waals surface area contributed by atoms with Gasteiger partial charge in [0.2, 0.25) is 0 Å². The third-order valence-electron chi connectivity index (χ3n) is 4.04. The maximum Gasteiger partial charge on any atom is 0.167 e. The van der Waals surface area contributed by atoms with Crippen molar-refractivity contribution in [3.63, 3.8) is 0 Å². The average Bonchev–Trinajstić information content (AvgIpc) is 2.46. The van der Waals surface area contributed by atoms with E-state index in [-0.39, 0.29) is 11.6 Å². The van der Waals surface area contributed by atoms with E-state index in [1.807, 2.05) is 0 Å². The highest BCUT2D eigenvalue weighted by Crippen LogP contribution is 2.30. The molecule has 112 valence electrons. The minimum atomic E-state index is -0.387. The molecular formula is C16H20FN3O. The van der Waals surface area contributed by atoms with E-state index >= 15 is 0 Å². The zero-order chi connectivity index (χ0) is 14.7. The van der Waals surface area contributed by atoms with E-state index in [1.54, 1.807) is 6.07 Å². The molecule has 1 saturated heterocycles. The van der Waals surface area contributed by atoms with Gasteiger partial charge in [-0.05, 0) is 18.9 Å². The second-order valence-electron chi connectivity index (χ2n) is 5.46. The summed E-state index contributed by atoms with van der Waals surface area (Å²) < 4.78 is 18.9. The minimum Gasteiger partial charge on any atom is -0.494 e. The molecule has 0 bridgehead atoms. The number of hydrogen-bond donors (Lipinski definition) is 0. The molecule has 1 aliphatic rings. The van der Waals surface area contributed by atoms with Gasteiger partial charge in [0.1, 0.15) is 12.1 Å². The van der Waals surface area contributed by atoms with Crippen molar-refractivity contribution in [1.29, 1.82) is 0 Å². The molecule has 1 aliphatic heterocycles. The number of nitrogens with zero attached hydrogens (tertiary/aromatic N) is 3. The molecule has 0 saturated carbocycles. The standard InChI is InChI=1S/C16H20FN3O/c1-21-15-9-12-14(10-13(15)17)18-11-19-16(12)20-7-5-3-2-4-6-8-20/h9-11H,2-8H2,1H3. The SMILES string of the molecule is COc1cc2c(N3CCCCCCC3)ncnc2cc1F. The van der Waals surface area contributed by atoms with E-state index in [1.165, 1.54) is 51.6 Å². The molecule has 5 heteroatoms. The van der Waals surface area contributed by atoms with E-state index in [0.717, 1.165) is 24.3 Å². The zero-order valence-electron chi connectivity index (χ0n) is 12.3. The first-order chi connectivity index (χ1) is 10.3. The molecule has 2 heterocycles. The topological polar surface area (TPSA) is 38.2 Å². The van der Waals surface area contributed by atoms with Gasteiger partial charge in [0.15, 0.2) is 11.6 Å². The van der Waals surface area contributed by atoms with Crippen LogP contribution < -0.4 is 9.64 Å². The van der Waals surface area contributed by atoms with Gasteiger partial charge < -0.3 is 9.64 Å². The number of anilines is 1. The maximum absolute atomic E-state index is 13.8. The Morgan fingerprint density at radius 3 is 2.48 bits per heavy atom. The monoisotopic (exact) mass is 289 g/mol. The quantitative estimate of drug-likeness (QED) is 0.847. The normalized spacial score (nSPS) is 16.6. The molecule has 0 N–H and O–H groups in total. The molecule has 3 rings (SSSR count). The molecule has 4 nitrogen and oxygen atoms in total. The van der Waals surface area contributed by atoms with Gasteiger partial charge in [-0.25, -0.2) is 14.4 Å². The van der Waals surface area contributed by atoms with Crippen LogP contribution in [0.5, 0.6) is 5.75 Å². The number of methoxy groups -OCH3 is 1. The Balaban J connectivity index is 2.04. The first-order valence-electron chi connectivity index (χ1n) is 7.53. The molecule has 1 aromatic carbocycles. The highest BCUT2D eigenvalue weighted by Gasteiger charge is 2.16. The fourth-order valence-corrected chi connectivity index (χ4v) is 2.91. The minimum absolute atomic E-state index is 0.241. The van der Waals surface area contributed by atoms with Gasteiger partial charge >= 0.3 is 0 Å². The molecule has 0 atom stereocenters. The summed E-state index contributed by atoms with van der Waals surface area (Å²) in [6, 6.07) is 3.13. The van der Waals surface area contributed by atoms with Crippen LogP contribution in [0.1, 0.15) is 32.1 Å². The van der Waals surface area contributed by atoms with Gasteiger partial charge in [-0.2, -0.15) is 0 Å². The summed E-state index contributed by atoms with van der Waals surface area (Å²) in [5, 5.41) is 0.858. The van der Waals surface area contributed by atoms with Gasteiger partial charge in [-0.1, -0.05) is 19.3 Å². The lowest BCUT2D eigenvalue weighted by Gasteiger charge is -2.26. The van der Waals surface area contributed by atoms with Gasteiger partial charge in [-0.3, -0.25) is 0 Å². The number of rotatable bonds is 2. The van der Waals surface area contributed by atoms with Crippen molar-refractivity contribution < 1.29 is 9.13 Å². The predicted octanol–water partition coefficient (Wildman–Crippen LogP) is 3.55. The van der Waals surface area contributed by atoms with Gasteiger partial charge in [0.25, 0.3) is 0 Å². The largest absolute Gasteiger partial charge is 0.494 e. The number of aromatic nitrogens is 2. The van der Waals surface area contributed by atoms with E-state index in [9.17, 15) is 4.39 Å². The second kappa shape index (κ2) is 6.24. The van der Waals surface area contributed by atoms with Crippen LogP contribution >= 0.6 is 0 Å². The summed E-state index contributed by atoms with van der Waals surface area (Å²) in [6.45, 7) is 1.98. The van der Waals surface area contributed by atoms with Gasteiger partial charge in [-0.15, -0.1) is 0 Å². The molecule has 0 amide bonds. The lowest BCUT2D eigenvalue weighted by molar-refractivity contribution is 0.387. The van der Waals surface area contributed by atoms with E-state index in [0.29, 0.717) is 5.52 Å². The summed E-state index contributed by atoms with van der Waals surface area (Å²) >= 11 is 0. The molecule has 0 spiro atoms. The summed E-state index contributed by atoms with van der Waals surface area (Å²) in [7, 11) is 1.48. The molecule has 21 heavy (non-hydrogen) atoms. The van der Waals surface area contributed by atoms with Gasteiger partial charge in [0, 0.05) is 24.5 Å². The van der Waals surface area contributed by atoms with Crippen LogP contribution in [-0.2, 0) is 0 Å². The van der Waals surface area contributed by atoms with E-state index < -0.39 is 0 Å². The van der Waals surface area contributed by atoms with Gasteiger partial charge in [0.05, 0.1) is 12.6 Å². The highest BCUT2D eigenvalue weighted by molar-refractivity contribution is 5.90. The van der Waals surface area contributed by atoms with Crippen molar-refractivity contribution in [3.8, 4) is 5.75 Å². The maximum atomic E-state index is 13.8. The molecule has 0 aliphatic carbocycles. The van der Waals surface area contributed by atoms with E-state index in [2.05, 4.69) is 14.9 Å². The van der Waals surface area contributed by atoms with Crippen LogP contribution in [-0.4, -0.2) is 30.2 Å². The third kappa shape index (κ3) is 2.91. The molecule has 1 aromatic heterocycles. The summed E-state index contributed by atoms with van der Waals surface area (Å²) in [5.41, 5.74) is 0.625. The molecule has 0 radical (unpaired) electrons. The van der Waals surface area contributed by atoms with Crippen molar-refractivity contribution in [2.75, 3.05) is 25.1 Å². The van der Waals surface area contributed by atoms with Crippen LogP contribution in [0.2, 0.25) is 0 Å². The van der Waals surface area contributed by atoms with Crippen molar-refractivity contribution >= 4 is 16.7 Å². The van der Waals surface area contributed by atoms with Crippen LogP contribution in [0.25, 0.3) is 10.9 Å². The Labute approximate surface area is 124 Å². The first-order valence-corrected chi connectivity index (χ1v) is 7.53. The zero-order valence-corrected chi connectivity index (χ0v) is 12.3. The molecular weight excluding hydrogens is 269 g/mol. The van der Waals surface area contributed by atoms with Crippen molar-refractivity contribution in [1.82, 2.24) is 9.97 Å². The highest BCUT2D eigenvalue weighted by atomic mass is 19.1. The number of ether oxygens (including phenoxy) is 1. The van der Waals surface area contributed by atoms with Crippen LogP contribution in [0, 0.1) is 5.82 Å². The fourth-order valence-electron chi connectivity index (χ4n) is 2.91. The number of halogens is 1. The number of fused-ring (bicyclic) bond motifs is 1. The molecule has 0 unspecified atom stereocenters. The summed E-state index contributed by atoms with van der Waals surface area (Å²) in [4.78, 5) is 10.9. The first kappa shape index (κ1) is 14.0. The number of benzene rings is 1. The lowest BCUT2D eigenvalue weighted by Crippen LogP contribution is -2.28. The Morgan fingerprint density at radius 2 is 1.76 bits per heavy atom. The van der Waals surface area contributed by atoms with E-state index in [4.69, 9.17) is 4.74 Å². The average molecular weight is 289 g/mol. The van der Waals surface area contributed by atoms with Crippen molar-refractivity contribution in [2.45, 2.75) is 32.1 Å². The molecule has 2 aromatic rings. The molecule has 1 fully saturated rings. The lowest BCUT2D eigenvalue weighted by atomic mass is 10.1. The predicted molar refractivity (Wildman–Crippen MR) is 81.3 cm³/mol. The van der Waals surface area contributed by atoms with Crippen LogP contribution in [0.4, 0.5) is 10.2 Å².